The zero-order valence-electron chi connectivity index (χ0n) is 11.5. The third-order valence-electron chi connectivity index (χ3n) is 3.02. The van der Waals surface area contributed by atoms with Crippen LogP contribution in [0.3, 0.4) is 0 Å². The Morgan fingerprint density at radius 3 is 2.28 bits per heavy atom. The van der Waals surface area contributed by atoms with E-state index in [0.717, 1.165) is 24.7 Å². The van der Waals surface area contributed by atoms with E-state index in [4.69, 9.17) is 16.3 Å². The largest absolute Gasteiger partial charge is 0.381 e. The Kier molecular flexibility index (Phi) is 8.97. The van der Waals surface area contributed by atoms with Crippen LogP contribution in [0.5, 0.6) is 0 Å². The van der Waals surface area contributed by atoms with Gasteiger partial charge in [0.2, 0.25) is 0 Å². The molecule has 0 N–H and O–H groups in total. The van der Waals surface area contributed by atoms with Crippen LogP contribution in [0.25, 0.3) is 0 Å². The highest BCUT2D eigenvalue weighted by Crippen LogP contribution is 2.13. The fourth-order valence-electron chi connectivity index (χ4n) is 1.96. The third-order valence-corrected chi connectivity index (χ3v) is 3.27. The van der Waals surface area contributed by atoms with E-state index in [-0.39, 0.29) is 0 Å². The van der Waals surface area contributed by atoms with Crippen molar-refractivity contribution < 1.29 is 4.74 Å². The van der Waals surface area contributed by atoms with E-state index in [1.807, 2.05) is 12.1 Å². The van der Waals surface area contributed by atoms with Crippen molar-refractivity contribution in [2.45, 2.75) is 51.9 Å². The molecule has 0 radical (unpaired) electrons. The quantitative estimate of drug-likeness (QED) is 0.526. The Bertz CT molecular complexity index is 294. The second kappa shape index (κ2) is 10.4. The fraction of sp³-hybridized carbons (Fsp3) is 0.625. The smallest absolute Gasteiger partial charge is 0.0466 e. The summed E-state index contributed by atoms with van der Waals surface area (Å²) in [6.07, 6.45) is 8.72. The maximum Gasteiger partial charge on any atom is 0.0466 e. The number of hydrogen-bond donors (Lipinski definition) is 0. The number of aryl methyl sites for hydroxylation is 1. The molecule has 0 spiro atoms. The van der Waals surface area contributed by atoms with Gasteiger partial charge in [0.1, 0.15) is 0 Å². The minimum Gasteiger partial charge on any atom is -0.381 e. The SMILES string of the molecule is CCCOCCCCCCCc1ccc(Cl)cc1. The molecule has 0 aromatic heterocycles. The molecule has 0 heterocycles. The minimum atomic E-state index is 0.825. The molecule has 1 aromatic carbocycles. The van der Waals surface area contributed by atoms with Gasteiger partial charge >= 0.3 is 0 Å². The molecule has 0 aliphatic rings. The molecule has 0 aliphatic heterocycles. The number of ether oxygens (including phenoxy) is 1. The molecule has 0 fully saturated rings. The first-order chi connectivity index (χ1) is 8.83. The summed E-state index contributed by atoms with van der Waals surface area (Å²) >= 11 is 5.85. The van der Waals surface area contributed by atoms with Crippen molar-refractivity contribution in [3.05, 3.63) is 34.9 Å². The highest BCUT2D eigenvalue weighted by molar-refractivity contribution is 6.30. The molecule has 18 heavy (non-hydrogen) atoms. The average Bonchev–Trinajstić information content (AvgIpc) is 2.39. The maximum absolute atomic E-state index is 5.85. The molecule has 1 rings (SSSR count). The van der Waals surface area contributed by atoms with Crippen LogP contribution in [-0.2, 0) is 11.2 Å². The second-order valence-electron chi connectivity index (χ2n) is 4.76. The molecule has 2 heteroatoms. The van der Waals surface area contributed by atoms with Gasteiger partial charge in [0.25, 0.3) is 0 Å². The van der Waals surface area contributed by atoms with Gasteiger partial charge in [-0.3, -0.25) is 0 Å². The molecule has 0 aliphatic carbocycles. The summed E-state index contributed by atoms with van der Waals surface area (Å²) in [6.45, 7) is 4.00. The van der Waals surface area contributed by atoms with Crippen LogP contribution in [0.4, 0.5) is 0 Å². The van der Waals surface area contributed by atoms with Crippen molar-refractivity contribution in [3.8, 4) is 0 Å². The predicted molar refractivity (Wildman–Crippen MR) is 79.4 cm³/mol. The third kappa shape index (κ3) is 7.73. The Hall–Kier alpha value is -0.530. The van der Waals surface area contributed by atoms with Crippen LogP contribution >= 0.6 is 11.6 Å². The standard InChI is InChI=1S/C16H25ClO/c1-2-13-18-14-7-5-3-4-6-8-15-9-11-16(17)12-10-15/h9-12H,2-8,13-14H2,1H3. The summed E-state index contributed by atoms with van der Waals surface area (Å²) in [5.41, 5.74) is 1.39. The van der Waals surface area contributed by atoms with Gasteiger partial charge in [-0.25, -0.2) is 0 Å². The Balaban J connectivity index is 1.91. The van der Waals surface area contributed by atoms with Crippen LogP contribution in [0.15, 0.2) is 24.3 Å². The molecule has 0 saturated carbocycles. The Morgan fingerprint density at radius 2 is 1.56 bits per heavy atom. The summed E-state index contributed by atoms with van der Waals surface area (Å²) in [4.78, 5) is 0. The highest BCUT2D eigenvalue weighted by atomic mass is 35.5. The summed E-state index contributed by atoms with van der Waals surface area (Å²) < 4.78 is 5.46. The van der Waals surface area contributed by atoms with Crippen molar-refractivity contribution in [1.82, 2.24) is 0 Å². The second-order valence-corrected chi connectivity index (χ2v) is 5.19. The summed E-state index contributed by atoms with van der Waals surface area (Å²) in [5.74, 6) is 0. The predicted octanol–water partition coefficient (Wildman–Crippen LogP) is 5.26. The molecular formula is C16H25ClO. The number of halogens is 1. The summed E-state index contributed by atoms with van der Waals surface area (Å²) in [5, 5.41) is 0.825. The van der Waals surface area contributed by atoms with Gasteiger partial charge in [-0.15, -0.1) is 0 Å². The fourth-order valence-corrected chi connectivity index (χ4v) is 2.09. The molecular weight excluding hydrogens is 244 g/mol. The van der Waals surface area contributed by atoms with Crippen molar-refractivity contribution in [1.29, 1.82) is 0 Å². The van der Waals surface area contributed by atoms with Gasteiger partial charge in [0.05, 0.1) is 0 Å². The van der Waals surface area contributed by atoms with Crippen LogP contribution in [0.2, 0.25) is 5.02 Å². The minimum absolute atomic E-state index is 0.825. The van der Waals surface area contributed by atoms with Crippen molar-refractivity contribution >= 4 is 11.6 Å². The van der Waals surface area contributed by atoms with E-state index < -0.39 is 0 Å². The first-order valence-electron chi connectivity index (χ1n) is 7.15. The molecule has 0 bridgehead atoms. The molecule has 1 aromatic rings. The van der Waals surface area contributed by atoms with Crippen molar-refractivity contribution in [2.75, 3.05) is 13.2 Å². The van der Waals surface area contributed by atoms with Gasteiger partial charge in [0, 0.05) is 18.2 Å². The molecule has 102 valence electrons. The average molecular weight is 269 g/mol. The number of rotatable bonds is 10. The van der Waals surface area contributed by atoms with Crippen LogP contribution < -0.4 is 0 Å². The number of unbranched alkanes of at least 4 members (excludes halogenated alkanes) is 4. The van der Waals surface area contributed by atoms with E-state index >= 15 is 0 Å². The highest BCUT2D eigenvalue weighted by Gasteiger charge is 1.95. The van der Waals surface area contributed by atoms with Crippen molar-refractivity contribution in [3.63, 3.8) is 0 Å². The number of hydrogen-bond acceptors (Lipinski definition) is 1. The zero-order valence-corrected chi connectivity index (χ0v) is 12.2. The lowest BCUT2D eigenvalue weighted by Crippen LogP contribution is -1.95. The van der Waals surface area contributed by atoms with Gasteiger partial charge < -0.3 is 4.74 Å². The van der Waals surface area contributed by atoms with E-state index in [9.17, 15) is 0 Å². The molecule has 0 amide bonds. The molecule has 1 nitrogen and oxygen atoms in total. The topological polar surface area (TPSA) is 9.23 Å². The first kappa shape index (κ1) is 15.5. The van der Waals surface area contributed by atoms with E-state index in [0.29, 0.717) is 0 Å². The molecule has 0 saturated heterocycles. The van der Waals surface area contributed by atoms with Crippen molar-refractivity contribution in [2.24, 2.45) is 0 Å². The normalized spacial score (nSPS) is 10.8. The lowest BCUT2D eigenvalue weighted by atomic mass is 10.1. The Labute approximate surface area is 116 Å². The van der Waals surface area contributed by atoms with Crippen LogP contribution in [-0.4, -0.2) is 13.2 Å². The van der Waals surface area contributed by atoms with Gasteiger partial charge in [0.15, 0.2) is 0 Å². The van der Waals surface area contributed by atoms with Gasteiger partial charge in [-0.2, -0.15) is 0 Å². The van der Waals surface area contributed by atoms with Crippen LogP contribution in [0.1, 0.15) is 51.0 Å². The summed E-state index contributed by atoms with van der Waals surface area (Å²) in [7, 11) is 0. The maximum atomic E-state index is 5.85. The molecule has 0 unspecified atom stereocenters. The van der Waals surface area contributed by atoms with Gasteiger partial charge in [-0.1, -0.05) is 49.9 Å². The lowest BCUT2D eigenvalue weighted by Gasteiger charge is -2.03. The van der Waals surface area contributed by atoms with Crippen LogP contribution in [0, 0.1) is 0 Å². The zero-order chi connectivity index (χ0) is 13.1. The van der Waals surface area contributed by atoms with E-state index in [2.05, 4.69) is 19.1 Å². The van der Waals surface area contributed by atoms with Gasteiger partial charge in [-0.05, 0) is 43.4 Å². The number of benzene rings is 1. The first-order valence-corrected chi connectivity index (χ1v) is 7.53. The summed E-state index contributed by atoms with van der Waals surface area (Å²) in [6, 6.07) is 8.20. The van der Waals surface area contributed by atoms with E-state index in [1.54, 1.807) is 0 Å². The monoisotopic (exact) mass is 268 g/mol. The Morgan fingerprint density at radius 1 is 0.889 bits per heavy atom. The molecule has 0 atom stereocenters. The lowest BCUT2D eigenvalue weighted by molar-refractivity contribution is 0.130. The van der Waals surface area contributed by atoms with E-state index in [1.165, 1.54) is 44.1 Å².